The number of hydrogen-bond acceptors (Lipinski definition) is 2. The van der Waals surface area contributed by atoms with Gasteiger partial charge in [-0.2, -0.15) is 0 Å². The summed E-state index contributed by atoms with van der Waals surface area (Å²) >= 11 is 5.37. The Labute approximate surface area is 133 Å². The van der Waals surface area contributed by atoms with Crippen molar-refractivity contribution < 1.29 is 0 Å². The first-order chi connectivity index (χ1) is 9.67. The van der Waals surface area contributed by atoms with Gasteiger partial charge >= 0.3 is 0 Å². The highest BCUT2D eigenvalue weighted by Gasteiger charge is 2.38. The zero-order chi connectivity index (χ0) is 14.0. The molecule has 1 aliphatic carbocycles. The van der Waals surface area contributed by atoms with Gasteiger partial charge in [-0.3, -0.25) is 0 Å². The smallest absolute Gasteiger partial charge is 0.0701 e. The summed E-state index contributed by atoms with van der Waals surface area (Å²) in [6.07, 6.45) is 5.89. The van der Waals surface area contributed by atoms with Gasteiger partial charge in [0.25, 0.3) is 0 Å². The van der Waals surface area contributed by atoms with Crippen LogP contribution in [0.3, 0.4) is 0 Å². The molecule has 3 rings (SSSR count). The highest BCUT2D eigenvalue weighted by atomic mass is 79.9. The molecule has 2 atom stereocenters. The molecule has 2 N–H and O–H groups in total. The molecule has 3 heteroatoms. The number of benzene rings is 1. The van der Waals surface area contributed by atoms with Crippen molar-refractivity contribution >= 4 is 27.3 Å². The van der Waals surface area contributed by atoms with Crippen molar-refractivity contribution in [3.8, 4) is 0 Å². The summed E-state index contributed by atoms with van der Waals surface area (Å²) in [5.74, 6) is 0.485. The van der Waals surface area contributed by atoms with Crippen LogP contribution in [-0.4, -0.2) is 5.54 Å². The van der Waals surface area contributed by atoms with Gasteiger partial charge in [0, 0.05) is 22.8 Å². The van der Waals surface area contributed by atoms with Crippen LogP contribution in [0.2, 0.25) is 0 Å². The Bertz CT molecular complexity index is 565. The van der Waals surface area contributed by atoms with Gasteiger partial charge in [-0.15, -0.1) is 11.3 Å². The molecule has 1 aromatic heterocycles. The Morgan fingerprint density at radius 3 is 2.65 bits per heavy atom. The average Bonchev–Trinajstić information content (AvgIpc) is 2.85. The maximum Gasteiger partial charge on any atom is 0.0701 e. The second-order valence-corrected chi connectivity index (χ2v) is 8.37. The maximum absolute atomic E-state index is 6.87. The van der Waals surface area contributed by atoms with Crippen LogP contribution in [0.4, 0.5) is 0 Å². The van der Waals surface area contributed by atoms with Crippen molar-refractivity contribution in [1.82, 2.24) is 0 Å². The van der Waals surface area contributed by atoms with Crippen molar-refractivity contribution in [2.24, 2.45) is 5.73 Å². The fourth-order valence-corrected chi connectivity index (χ4v) is 5.05. The highest BCUT2D eigenvalue weighted by Crippen LogP contribution is 2.42. The molecule has 106 valence electrons. The second kappa shape index (κ2) is 6.00. The molecule has 0 aliphatic heterocycles. The van der Waals surface area contributed by atoms with Gasteiger partial charge in [-0.25, -0.2) is 0 Å². The third kappa shape index (κ3) is 3.00. The summed E-state index contributed by atoms with van der Waals surface area (Å²) < 4.78 is 1.20. The minimum atomic E-state index is -0.0934. The zero-order valence-electron chi connectivity index (χ0n) is 11.5. The van der Waals surface area contributed by atoms with Crippen LogP contribution >= 0.6 is 27.3 Å². The predicted molar refractivity (Wildman–Crippen MR) is 90.3 cm³/mol. The van der Waals surface area contributed by atoms with Crippen molar-refractivity contribution in [1.29, 1.82) is 0 Å². The zero-order valence-corrected chi connectivity index (χ0v) is 13.9. The molecule has 1 aliphatic rings. The summed E-state index contributed by atoms with van der Waals surface area (Å²) in [5, 5.41) is 0. The fraction of sp³-hybridized carbons (Fsp3) is 0.412. The number of thiophene rings is 1. The molecule has 1 nitrogen and oxygen atoms in total. The van der Waals surface area contributed by atoms with E-state index in [0.29, 0.717) is 5.92 Å². The van der Waals surface area contributed by atoms with E-state index < -0.39 is 0 Å². The number of halogens is 1. The third-order valence-electron chi connectivity index (χ3n) is 4.41. The van der Waals surface area contributed by atoms with Crippen molar-refractivity contribution in [2.75, 3.05) is 0 Å². The Balaban J connectivity index is 1.87. The molecule has 0 bridgehead atoms. The van der Waals surface area contributed by atoms with Crippen molar-refractivity contribution in [2.45, 2.75) is 43.6 Å². The fourth-order valence-electron chi connectivity index (χ4n) is 3.43. The Kier molecular flexibility index (Phi) is 4.29. The predicted octanol–water partition coefficient (Wildman–Crippen LogP) is 5.11. The molecule has 2 aromatic rings. The Morgan fingerprint density at radius 1 is 1.15 bits per heavy atom. The molecular formula is C17H20BrNS. The average molecular weight is 350 g/mol. The normalized spacial score (nSPS) is 26.6. The standard InChI is InChI=1S/C17H20BrNS/c18-16-10-9-14(20-16)12-17(19)11-5-4-8-15(17)13-6-2-1-3-7-13/h1-3,6-7,9-10,15H,4-5,8,11-12,19H2. The van der Waals surface area contributed by atoms with Crippen LogP contribution in [0.15, 0.2) is 46.3 Å². The minimum absolute atomic E-state index is 0.0934. The molecular weight excluding hydrogens is 330 g/mol. The molecule has 1 aromatic carbocycles. The van der Waals surface area contributed by atoms with Gasteiger partial charge in [0.1, 0.15) is 0 Å². The van der Waals surface area contributed by atoms with Crippen LogP contribution < -0.4 is 5.73 Å². The number of nitrogens with two attached hydrogens (primary N) is 1. The lowest BCUT2D eigenvalue weighted by Gasteiger charge is -2.41. The van der Waals surface area contributed by atoms with Gasteiger partial charge in [0.2, 0.25) is 0 Å². The van der Waals surface area contributed by atoms with E-state index in [1.165, 1.54) is 33.5 Å². The lowest BCUT2D eigenvalue weighted by molar-refractivity contribution is 0.250. The summed E-state index contributed by atoms with van der Waals surface area (Å²) in [5.41, 5.74) is 8.18. The summed E-state index contributed by atoms with van der Waals surface area (Å²) in [6.45, 7) is 0. The molecule has 0 amide bonds. The lowest BCUT2D eigenvalue weighted by atomic mass is 9.68. The SMILES string of the molecule is NC1(Cc2ccc(Br)s2)CCCCC1c1ccccc1. The Hall–Kier alpha value is -0.640. The molecule has 1 fully saturated rings. The molecule has 1 heterocycles. The minimum Gasteiger partial charge on any atom is -0.324 e. The highest BCUT2D eigenvalue weighted by molar-refractivity contribution is 9.11. The maximum atomic E-state index is 6.87. The monoisotopic (exact) mass is 349 g/mol. The molecule has 0 spiro atoms. The van der Waals surface area contributed by atoms with E-state index in [0.717, 1.165) is 12.8 Å². The van der Waals surface area contributed by atoms with E-state index >= 15 is 0 Å². The van der Waals surface area contributed by atoms with Gasteiger partial charge < -0.3 is 5.73 Å². The van der Waals surface area contributed by atoms with Crippen molar-refractivity contribution in [3.05, 3.63) is 56.7 Å². The van der Waals surface area contributed by atoms with E-state index in [2.05, 4.69) is 58.4 Å². The summed E-state index contributed by atoms with van der Waals surface area (Å²) in [7, 11) is 0. The molecule has 2 unspecified atom stereocenters. The summed E-state index contributed by atoms with van der Waals surface area (Å²) in [6, 6.07) is 15.2. The molecule has 20 heavy (non-hydrogen) atoms. The topological polar surface area (TPSA) is 26.0 Å². The molecule has 0 saturated heterocycles. The largest absolute Gasteiger partial charge is 0.324 e. The quantitative estimate of drug-likeness (QED) is 0.818. The third-order valence-corrected chi connectivity index (χ3v) is 6.04. The van der Waals surface area contributed by atoms with Gasteiger partial charge in [0.05, 0.1) is 3.79 Å². The van der Waals surface area contributed by atoms with E-state index in [9.17, 15) is 0 Å². The van der Waals surface area contributed by atoms with E-state index in [4.69, 9.17) is 5.73 Å². The number of rotatable bonds is 3. The van der Waals surface area contributed by atoms with E-state index in [1.54, 1.807) is 0 Å². The van der Waals surface area contributed by atoms with Crippen LogP contribution in [-0.2, 0) is 6.42 Å². The molecule has 1 saturated carbocycles. The van der Waals surface area contributed by atoms with Gasteiger partial charge in [0.15, 0.2) is 0 Å². The Morgan fingerprint density at radius 2 is 1.95 bits per heavy atom. The van der Waals surface area contributed by atoms with Crippen LogP contribution in [0, 0.1) is 0 Å². The van der Waals surface area contributed by atoms with Gasteiger partial charge in [-0.05, 0) is 46.5 Å². The number of hydrogen-bond donors (Lipinski definition) is 1. The molecule has 0 radical (unpaired) electrons. The first-order valence-corrected chi connectivity index (χ1v) is 8.86. The second-order valence-electron chi connectivity index (χ2n) is 5.82. The van der Waals surface area contributed by atoms with Crippen LogP contribution in [0.5, 0.6) is 0 Å². The van der Waals surface area contributed by atoms with Gasteiger partial charge in [-0.1, -0.05) is 43.2 Å². The van der Waals surface area contributed by atoms with E-state index in [-0.39, 0.29) is 5.54 Å². The first-order valence-electron chi connectivity index (χ1n) is 7.25. The first kappa shape index (κ1) is 14.3. The van der Waals surface area contributed by atoms with Crippen LogP contribution in [0.25, 0.3) is 0 Å². The lowest BCUT2D eigenvalue weighted by Crippen LogP contribution is -2.49. The van der Waals surface area contributed by atoms with Crippen molar-refractivity contribution in [3.63, 3.8) is 0 Å². The van der Waals surface area contributed by atoms with E-state index in [1.807, 2.05) is 11.3 Å². The summed E-state index contributed by atoms with van der Waals surface area (Å²) in [4.78, 5) is 1.39. The van der Waals surface area contributed by atoms with Crippen LogP contribution in [0.1, 0.15) is 42.0 Å².